The zero-order valence-corrected chi connectivity index (χ0v) is 30.3. The molecule has 0 N–H and O–H groups in total. The number of fused-ring (bicyclic) bond motifs is 5. The van der Waals surface area contributed by atoms with Crippen molar-refractivity contribution in [1.82, 2.24) is 0 Å². The average Bonchev–Trinajstić information content (AvgIpc) is 3.46. The number of benzene rings is 3. The fraction of sp³-hybridized carbons (Fsp3) is 0.488. The number of carbonyl (C=O) groups is 3. The summed E-state index contributed by atoms with van der Waals surface area (Å²) < 4.78 is 17.1. The Kier molecular flexibility index (Phi) is 12.1. The third-order valence-corrected chi connectivity index (χ3v) is 11.7. The monoisotopic (exact) mass is 719 g/mol. The number of rotatable bonds is 14. The van der Waals surface area contributed by atoms with Crippen molar-refractivity contribution in [2.45, 2.75) is 76.7 Å². The van der Waals surface area contributed by atoms with Gasteiger partial charge in [-0.2, -0.15) is 0 Å². The first-order valence-corrected chi connectivity index (χ1v) is 19.1. The molecule has 50 heavy (non-hydrogen) atoms. The predicted octanol–water partition coefficient (Wildman–Crippen LogP) is 8.52. The Labute approximate surface area is 305 Å². The van der Waals surface area contributed by atoms with Crippen molar-refractivity contribution >= 4 is 46.8 Å². The van der Waals surface area contributed by atoms with Crippen LogP contribution in [0.25, 0.3) is 0 Å². The smallest absolute Gasteiger partial charge is 0.344 e. The molecule has 0 spiro atoms. The third kappa shape index (κ3) is 8.32. The molecule has 6 rings (SSSR count). The number of aryl methyl sites for hydroxylation is 2. The number of carbonyl (C=O) groups excluding carboxylic acids is 3. The van der Waals surface area contributed by atoms with Crippen molar-refractivity contribution in [1.29, 1.82) is 0 Å². The minimum atomic E-state index is -0.465. The van der Waals surface area contributed by atoms with Crippen LogP contribution < -0.4 is 9.64 Å². The Morgan fingerprint density at radius 1 is 0.880 bits per heavy atom. The van der Waals surface area contributed by atoms with Gasteiger partial charge in [0.05, 0.1) is 5.56 Å². The van der Waals surface area contributed by atoms with E-state index in [0.29, 0.717) is 47.2 Å². The highest BCUT2D eigenvalue weighted by molar-refractivity contribution is 6.18. The molecular weight excluding hydrogens is 673 g/mol. The van der Waals surface area contributed by atoms with Gasteiger partial charge in [0.15, 0.2) is 6.61 Å². The van der Waals surface area contributed by atoms with E-state index in [0.717, 1.165) is 69.3 Å². The number of esters is 3. The second-order valence-corrected chi connectivity index (χ2v) is 14.9. The highest BCUT2D eigenvalue weighted by atomic mass is 35.5. The van der Waals surface area contributed by atoms with Crippen molar-refractivity contribution in [3.8, 4) is 5.75 Å². The lowest BCUT2D eigenvalue weighted by Crippen LogP contribution is -2.45. The Bertz CT molecular complexity index is 1630. The molecule has 0 aliphatic heterocycles. The van der Waals surface area contributed by atoms with Gasteiger partial charge in [0.25, 0.3) is 0 Å². The predicted molar refractivity (Wildman–Crippen MR) is 196 cm³/mol. The van der Waals surface area contributed by atoms with Crippen molar-refractivity contribution in [2.75, 3.05) is 36.4 Å². The lowest BCUT2D eigenvalue weighted by molar-refractivity contribution is -0.168. The minimum absolute atomic E-state index is 0.0932. The normalized spacial score (nSPS) is 23.6. The lowest BCUT2D eigenvalue weighted by Gasteiger charge is -2.50. The summed E-state index contributed by atoms with van der Waals surface area (Å²) in [6.07, 6.45) is 7.30. The summed E-state index contributed by atoms with van der Waals surface area (Å²) in [4.78, 5) is 40.1. The number of hydrogen-bond donors (Lipinski definition) is 0. The van der Waals surface area contributed by atoms with E-state index in [1.54, 1.807) is 12.1 Å². The van der Waals surface area contributed by atoms with E-state index in [4.69, 9.17) is 37.4 Å². The van der Waals surface area contributed by atoms with Crippen LogP contribution in [0.1, 0.15) is 84.8 Å². The molecule has 0 saturated heterocycles. The topological polar surface area (TPSA) is 82.1 Å². The van der Waals surface area contributed by atoms with Gasteiger partial charge >= 0.3 is 17.9 Å². The molecule has 7 nitrogen and oxygen atoms in total. The van der Waals surface area contributed by atoms with E-state index in [2.05, 4.69) is 42.2 Å². The van der Waals surface area contributed by atoms with Crippen LogP contribution >= 0.6 is 23.2 Å². The minimum Gasteiger partial charge on any atom is -0.459 e. The quantitative estimate of drug-likeness (QED) is 0.0939. The van der Waals surface area contributed by atoms with E-state index in [-0.39, 0.29) is 36.5 Å². The molecule has 0 aromatic heterocycles. The van der Waals surface area contributed by atoms with E-state index < -0.39 is 5.97 Å². The first-order valence-electron chi connectivity index (χ1n) is 18.0. The maximum atomic E-state index is 12.9. The molecule has 0 radical (unpaired) electrons. The maximum Gasteiger partial charge on any atom is 0.344 e. The van der Waals surface area contributed by atoms with Crippen molar-refractivity contribution in [2.24, 2.45) is 17.3 Å². The first kappa shape index (κ1) is 36.2. The number of anilines is 1. The highest BCUT2D eigenvalue weighted by Crippen LogP contribution is 2.61. The number of halogens is 2. The molecule has 2 saturated carbocycles. The Morgan fingerprint density at radius 2 is 1.64 bits per heavy atom. The largest absolute Gasteiger partial charge is 0.459 e. The summed E-state index contributed by atoms with van der Waals surface area (Å²) in [5.74, 6) is 1.89. The molecule has 266 valence electrons. The van der Waals surface area contributed by atoms with Gasteiger partial charge in [-0.05, 0) is 122 Å². The van der Waals surface area contributed by atoms with Crippen LogP contribution in [0.2, 0.25) is 0 Å². The van der Waals surface area contributed by atoms with Gasteiger partial charge in [-0.1, -0.05) is 43.3 Å². The second-order valence-electron chi connectivity index (χ2n) is 14.2. The summed E-state index contributed by atoms with van der Waals surface area (Å²) in [6.45, 7) is 3.40. The fourth-order valence-electron chi connectivity index (χ4n) is 8.80. The van der Waals surface area contributed by atoms with Crippen LogP contribution in [0.15, 0.2) is 72.8 Å². The molecule has 3 aromatic carbocycles. The Balaban J connectivity index is 0.952. The van der Waals surface area contributed by atoms with Crippen molar-refractivity contribution in [3.63, 3.8) is 0 Å². The molecule has 9 heteroatoms. The van der Waals surface area contributed by atoms with Gasteiger partial charge < -0.3 is 19.1 Å². The number of alkyl halides is 2. The number of hydrogen-bond acceptors (Lipinski definition) is 7. The Hall–Kier alpha value is -3.55. The van der Waals surface area contributed by atoms with Crippen LogP contribution in [-0.4, -0.2) is 55.5 Å². The van der Waals surface area contributed by atoms with Gasteiger partial charge in [0.1, 0.15) is 11.9 Å². The van der Waals surface area contributed by atoms with Gasteiger partial charge in [-0.25, -0.2) is 9.59 Å². The van der Waals surface area contributed by atoms with E-state index in [1.807, 2.05) is 30.3 Å². The molecular formula is C41H47Cl2NO6. The average molecular weight is 721 g/mol. The summed E-state index contributed by atoms with van der Waals surface area (Å²) in [6, 6.07) is 23.4. The van der Waals surface area contributed by atoms with Gasteiger partial charge in [-0.3, -0.25) is 4.79 Å². The molecule has 0 amide bonds. The van der Waals surface area contributed by atoms with Crippen LogP contribution in [0, 0.1) is 17.3 Å². The van der Waals surface area contributed by atoms with Gasteiger partial charge in [-0.15, -0.1) is 23.2 Å². The standard InChI is InChI=1S/C41H47Cl2NO6/c1-41-21-20-34-33-17-15-32(49-40(47)29-7-3-2-4-8-29)26-30(33)12-16-35(34)36(41)18-19-37(41)50-39(46)27-48-38(45)9-5-6-28-10-13-31(14-11-28)44(24-22-42)25-23-43/h2-4,7-8,10-11,13-15,17,26,34-37H,5-6,9,12,16,18-25,27H2,1H3/t34-,35-,36+,37?,41+/m1/s1. The molecule has 5 atom stereocenters. The van der Waals surface area contributed by atoms with Crippen LogP contribution in [0.4, 0.5) is 5.69 Å². The molecule has 3 aliphatic rings. The van der Waals surface area contributed by atoms with Crippen LogP contribution in [0.3, 0.4) is 0 Å². The molecule has 0 heterocycles. The van der Waals surface area contributed by atoms with Crippen molar-refractivity contribution < 1.29 is 28.6 Å². The Morgan fingerprint density at radius 3 is 2.38 bits per heavy atom. The summed E-state index contributed by atoms with van der Waals surface area (Å²) in [7, 11) is 0. The molecule has 3 aliphatic carbocycles. The summed E-state index contributed by atoms with van der Waals surface area (Å²) in [5, 5.41) is 0. The third-order valence-electron chi connectivity index (χ3n) is 11.3. The maximum absolute atomic E-state index is 12.9. The zero-order chi connectivity index (χ0) is 35.1. The lowest BCUT2D eigenvalue weighted by atomic mass is 9.55. The zero-order valence-electron chi connectivity index (χ0n) is 28.8. The summed E-state index contributed by atoms with van der Waals surface area (Å²) in [5.41, 5.74) is 5.28. The van der Waals surface area contributed by atoms with Gasteiger partial charge in [0.2, 0.25) is 0 Å². The first-order chi connectivity index (χ1) is 24.3. The molecule has 1 unspecified atom stereocenters. The van der Waals surface area contributed by atoms with Crippen LogP contribution in [0.5, 0.6) is 5.75 Å². The number of ether oxygens (including phenoxy) is 3. The summed E-state index contributed by atoms with van der Waals surface area (Å²) >= 11 is 11.9. The van der Waals surface area contributed by atoms with E-state index in [1.165, 1.54) is 11.1 Å². The van der Waals surface area contributed by atoms with Crippen molar-refractivity contribution in [3.05, 3.63) is 95.1 Å². The highest BCUT2D eigenvalue weighted by Gasteiger charge is 2.56. The molecule has 2 fully saturated rings. The van der Waals surface area contributed by atoms with E-state index in [9.17, 15) is 14.4 Å². The number of nitrogens with zero attached hydrogens (tertiary/aromatic N) is 1. The van der Waals surface area contributed by atoms with E-state index >= 15 is 0 Å². The molecule has 3 aromatic rings. The fourth-order valence-corrected chi connectivity index (χ4v) is 9.20. The molecule has 0 bridgehead atoms. The van der Waals surface area contributed by atoms with Crippen LogP contribution in [-0.2, 0) is 31.9 Å². The van der Waals surface area contributed by atoms with Gasteiger partial charge in [0, 0.05) is 42.4 Å². The SMILES string of the molecule is C[C@]12CC[C@@H]3c4ccc(OC(=O)c5ccccc5)cc4CC[C@H]3[C@@H]1CCC2OC(=O)COC(=O)CCCc1ccc(N(CCCl)CCCl)cc1. The second kappa shape index (κ2) is 16.6.